The number of pyridine rings is 1. The van der Waals surface area contributed by atoms with E-state index in [2.05, 4.69) is 15.6 Å². The number of carbonyl (C=O) groups excluding carboxylic acids is 1. The molecule has 5 rings (SSSR count). The lowest BCUT2D eigenvalue weighted by molar-refractivity contribution is -0.118. The number of aromatic nitrogens is 3. The number of amides is 1. The number of hydrogen-bond acceptors (Lipinski definition) is 8. The van der Waals surface area contributed by atoms with E-state index in [0.717, 1.165) is 5.56 Å². The van der Waals surface area contributed by atoms with Gasteiger partial charge in [-0.1, -0.05) is 0 Å². The van der Waals surface area contributed by atoms with Crippen molar-refractivity contribution in [3.63, 3.8) is 0 Å². The van der Waals surface area contributed by atoms with E-state index in [1.165, 1.54) is 10.9 Å². The topological polar surface area (TPSA) is 117 Å². The van der Waals surface area contributed by atoms with Crippen molar-refractivity contribution in [2.45, 2.75) is 0 Å². The number of rotatable bonds is 5. The second-order valence-corrected chi connectivity index (χ2v) is 7.65. The van der Waals surface area contributed by atoms with Crippen LogP contribution < -0.4 is 30.4 Å². The molecular weight excluding hydrogens is 438 g/mol. The summed E-state index contributed by atoms with van der Waals surface area (Å²) in [5.41, 5.74) is 2.84. The van der Waals surface area contributed by atoms with E-state index >= 15 is 0 Å². The van der Waals surface area contributed by atoms with Crippen LogP contribution in [0.3, 0.4) is 0 Å². The van der Waals surface area contributed by atoms with Crippen molar-refractivity contribution in [1.29, 1.82) is 0 Å². The maximum Gasteiger partial charge on any atom is 0.264 e. The molecule has 0 fully saturated rings. The van der Waals surface area contributed by atoms with Crippen LogP contribution in [-0.2, 0) is 11.8 Å². The van der Waals surface area contributed by atoms with Gasteiger partial charge in [0.25, 0.3) is 11.5 Å². The smallest absolute Gasteiger partial charge is 0.264 e. The third-order valence-corrected chi connectivity index (χ3v) is 5.46. The van der Waals surface area contributed by atoms with Gasteiger partial charge in [0.15, 0.2) is 18.1 Å². The van der Waals surface area contributed by atoms with Crippen molar-refractivity contribution < 1.29 is 19.0 Å². The van der Waals surface area contributed by atoms with Crippen LogP contribution in [0.2, 0.25) is 0 Å². The highest BCUT2D eigenvalue weighted by Gasteiger charge is 2.18. The van der Waals surface area contributed by atoms with Crippen molar-refractivity contribution >= 4 is 34.0 Å². The molecule has 4 aromatic rings. The number of hydrogen-bond donors (Lipinski definition) is 2. The van der Waals surface area contributed by atoms with Gasteiger partial charge in [-0.25, -0.2) is 9.97 Å². The van der Waals surface area contributed by atoms with Crippen molar-refractivity contribution in [3.05, 3.63) is 59.1 Å². The van der Waals surface area contributed by atoms with Gasteiger partial charge in [-0.15, -0.1) is 0 Å². The Morgan fingerprint density at radius 1 is 1.06 bits per heavy atom. The Morgan fingerprint density at radius 2 is 1.88 bits per heavy atom. The number of methoxy groups -OCH3 is 2. The van der Waals surface area contributed by atoms with Gasteiger partial charge >= 0.3 is 0 Å². The number of carbonyl (C=O) groups is 1. The first-order valence-electron chi connectivity index (χ1n) is 10.4. The van der Waals surface area contributed by atoms with Crippen LogP contribution in [0.5, 0.6) is 17.2 Å². The molecule has 0 aliphatic carbocycles. The molecule has 0 bridgehead atoms. The summed E-state index contributed by atoms with van der Waals surface area (Å²) in [5.74, 6) is 1.81. The lowest BCUT2D eigenvalue weighted by Gasteiger charge is -2.19. The van der Waals surface area contributed by atoms with Gasteiger partial charge < -0.3 is 29.4 Å². The molecule has 0 saturated carbocycles. The van der Waals surface area contributed by atoms with Crippen LogP contribution in [0.25, 0.3) is 22.2 Å². The second kappa shape index (κ2) is 8.39. The molecule has 10 heteroatoms. The Hall–Kier alpha value is -4.60. The summed E-state index contributed by atoms with van der Waals surface area (Å²) in [4.78, 5) is 33.7. The van der Waals surface area contributed by atoms with Gasteiger partial charge in [-0.2, -0.15) is 0 Å². The number of ether oxygens (including phenoxy) is 3. The summed E-state index contributed by atoms with van der Waals surface area (Å²) < 4.78 is 17.7. The van der Waals surface area contributed by atoms with E-state index in [1.807, 2.05) is 12.1 Å². The number of aryl methyl sites for hydroxylation is 1. The van der Waals surface area contributed by atoms with Crippen LogP contribution in [0.15, 0.2) is 53.6 Å². The Morgan fingerprint density at radius 3 is 2.68 bits per heavy atom. The predicted molar refractivity (Wildman–Crippen MR) is 127 cm³/mol. The molecule has 1 aliphatic heterocycles. The van der Waals surface area contributed by atoms with E-state index in [-0.39, 0.29) is 18.1 Å². The number of benzene rings is 2. The minimum Gasteiger partial charge on any atom is -0.493 e. The van der Waals surface area contributed by atoms with E-state index in [9.17, 15) is 9.59 Å². The van der Waals surface area contributed by atoms with Crippen LogP contribution in [-0.4, -0.2) is 41.3 Å². The van der Waals surface area contributed by atoms with Gasteiger partial charge in [0.2, 0.25) is 0 Å². The van der Waals surface area contributed by atoms with Gasteiger partial charge in [0, 0.05) is 24.4 Å². The summed E-state index contributed by atoms with van der Waals surface area (Å²) in [5, 5.41) is 6.33. The van der Waals surface area contributed by atoms with E-state index in [1.54, 1.807) is 51.6 Å². The van der Waals surface area contributed by atoms with Crippen LogP contribution in [0, 0.1) is 0 Å². The van der Waals surface area contributed by atoms with E-state index in [0.29, 0.717) is 51.0 Å². The fourth-order valence-corrected chi connectivity index (χ4v) is 3.74. The average Bonchev–Trinajstić information content (AvgIpc) is 2.85. The maximum atomic E-state index is 13.0. The molecular formula is C24H21N5O5. The molecule has 0 spiro atoms. The van der Waals surface area contributed by atoms with Gasteiger partial charge in [-0.3, -0.25) is 9.59 Å². The Labute approximate surface area is 194 Å². The van der Waals surface area contributed by atoms with Crippen molar-refractivity contribution in [1.82, 2.24) is 14.5 Å². The van der Waals surface area contributed by atoms with E-state index < -0.39 is 0 Å². The SMILES string of the molecule is COc1ccc(-c2cc3ncn(C)c(=O)c3c(Nc3ccc4c(c3)OCC(=O)N4)n2)cc1OC. The van der Waals surface area contributed by atoms with Crippen molar-refractivity contribution in [2.24, 2.45) is 7.05 Å². The van der Waals surface area contributed by atoms with Crippen LogP contribution in [0.1, 0.15) is 0 Å². The number of nitrogens with one attached hydrogen (secondary N) is 2. The molecule has 10 nitrogen and oxygen atoms in total. The molecule has 2 N–H and O–H groups in total. The minimum atomic E-state index is -0.236. The Bertz CT molecular complexity index is 1500. The first-order valence-corrected chi connectivity index (χ1v) is 10.4. The summed E-state index contributed by atoms with van der Waals surface area (Å²) in [7, 11) is 4.77. The van der Waals surface area contributed by atoms with Crippen LogP contribution >= 0.6 is 0 Å². The Balaban J connectivity index is 1.64. The van der Waals surface area contributed by atoms with E-state index in [4.69, 9.17) is 19.2 Å². The molecule has 0 atom stereocenters. The molecule has 0 radical (unpaired) electrons. The normalized spacial score (nSPS) is 12.5. The second-order valence-electron chi connectivity index (χ2n) is 7.65. The highest BCUT2D eigenvalue weighted by Crippen LogP contribution is 2.35. The number of anilines is 3. The molecule has 1 aliphatic rings. The third-order valence-electron chi connectivity index (χ3n) is 5.46. The van der Waals surface area contributed by atoms with Gasteiger partial charge in [0.05, 0.1) is 37.4 Å². The first-order chi connectivity index (χ1) is 16.5. The third kappa shape index (κ3) is 3.75. The lowest BCUT2D eigenvalue weighted by atomic mass is 10.1. The number of fused-ring (bicyclic) bond motifs is 2. The monoisotopic (exact) mass is 459 g/mol. The fraction of sp³-hybridized carbons (Fsp3) is 0.167. The lowest BCUT2D eigenvalue weighted by Crippen LogP contribution is -2.25. The van der Waals surface area contributed by atoms with Gasteiger partial charge in [-0.05, 0) is 36.4 Å². The molecule has 1 amide bonds. The largest absolute Gasteiger partial charge is 0.493 e. The number of nitrogens with zero attached hydrogens (tertiary/aromatic N) is 3. The fourth-order valence-electron chi connectivity index (χ4n) is 3.74. The highest BCUT2D eigenvalue weighted by molar-refractivity contribution is 5.96. The molecule has 172 valence electrons. The summed E-state index contributed by atoms with van der Waals surface area (Å²) in [6.45, 7) is -0.0586. The minimum absolute atomic E-state index is 0.0586. The van der Waals surface area contributed by atoms with Gasteiger partial charge in [0.1, 0.15) is 17.0 Å². The maximum absolute atomic E-state index is 13.0. The summed E-state index contributed by atoms with van der Waals surface area (Å²) >= 11 is 0. The first kappa shape index (κ1) is 21.3. The molecule has 34 heavy (non-hydrogen) atoms. The van der Waals surface area contributed by atoms with Crippen molar-refractivity contribution in [2.75, 3.05) is 31.5 Å². The molecule has 3 heterocycles. The molecule has 0 unspecified atom stereocenters. The Kier molecular flexibility index (Phi) is 5.25. The zero-order chi connectivity index (χ0) is 23.8. The predicted octanol–water partition coefficient (Wildman–Crippen LogP) is 3.09. The standard InChI is InChI=1S/C24H21N5O5/c1-29-12-25-17-10-16(13-4-7-18(32-2)20(8-13)33-3)28-23(22(17)24(29)31)26-14-5-6-15-19(9-14)34-11-21(30)27-15/h4-10,12H,11H2,1-3H3,(H,26,28)(H,27,30). The molecule has 2 aromatic carbocycles. The van der Waals surface area contributed by atoms with Crippen molar-refractivity contribution in [3.8, 4) is 28.5 Å². The summed E-state index contributed by atoms with van der Waals surface area (Å²) in [6.07, 6.45) is 1.47. The zero-order valence-electron chi connectivity index (χ0n) is 18.7. The van der Waals surface area contributed by atoms with Crippen LogP contribution in [0.4, 0.5) is 17.2 Å². The zero-order valence-corrected chi connectivity index (χ0v) is 18.7. The molecule has 0 saturated heterocycles. The highest BCUT2D eigenvalue weighted by atomic mass is 16.5. The summed E-state index contributed by atoms with van der Waals surface area (Å²) in [6, 6.07) is 12.5. The quantitative estimate of drug-likeness (QED) is 0.468. The molecule has 2 aromatic heterocycles. The average molecular weight is 459 g/mol.